The predicted molar refractivity (Wildman–Crippen MR) is 45.6 cm³/mol. The lowest BCUT2D eigenvalue weighted by molar-refractivity contribution is -0.620. The Kier molecular flexibility index (Phi) is 1.83. The Bertz CT molecular complexity index is 258. The minimum absolute atomic E-state index is 0.137. The van der Waals surface area contributed by atoms with Crippen LogP contribution in [0.5, 0.6) is 0 Å². The Morgan fingerprint density at radius 1 is 1.38 bits per heavy atom. The quantitative estimate of drug-likeness (QED) is 0.513. The molecule has 5 heteroatoms. The smallest absolute Gasteiger partial charge is 0.287 e. The van der Waals surface area contributed by atoms with E-state index in [1.807, 2.05) is 0 Å². The molecule has 1 saturated carbocycles. The lowest BCUT2D eigenvalue weighted by Crippen LogP contribution is -2.48. The van der Waals surface area contributed by atoms with Crippen molar-refractivity contribution in [1.29, 1.82) is 0 Å². The largest absolute Gasteiger partial charge is 0.345 e. The number of carbonyl (C=O) groups is 1. The molecular formula is C8H14N3O2+. The van der Waals surface area contributed by atoms with E-state index in [4.69, 9.17) is 5.73 Å². The van der Waals surface area contributed by atoms with Crippen LogP contribution in [-0.4, -0.2) is 22.4 Å². The van der Waals surface area contributed by atoms with Gasteiger partial charge in [0.05, 0.1) is 4.91 Å². The fourth-order valence-corrected chi connectivity index (χ4v) is 2.24. The maximum Gasteiger partial charge on any atom is 0.345 e. The van der Waals surface area contributed by atoms with Gasteiger partial charge in [0.25, 0.3) is 5.78 Å². The molecule has 0 aromatic carbocycles. The number of hydrazine groups is 1. The number of carbonyl (C=O) groups excluding carboxylic acids is 1. The van der Waals surface area contributed by atoms with Gasteiger partial charge in [0.2, 0.25) is 0 Å². The van der Waals surface area contributed by atoms with Crippen LogP contribution >= 0.6 is 0 Å². The van der Waals surface area contributed by atoms with Gasteiger partial charge in [0.15, 0.2) is 5.54 Å². The molecule has 1 aliphatic heterocycles. The van der Waals surface area contributed by atoms with Gasteiger partial charge in [-0.15, -0.1) is 5.43 Å². The molecule has 2 aliphatic rings. The van der Waals surface area contributed by atoms with E-state index in [1.54, 1.807) is 0 Å². The molecule has 1 saturated heterocycles. The summed E-state index contributed by atoms with van der Waals surface area (Å²) in [4.78, 5) is 23.3. The van der Waals surface area contributed by atoms with Crippen molar-refractivity contribution in [3.8, 4) is 0 Å². The second-order valence-corrected chi connectivity index (χ2v) is 3.89. The number of hydrogen-bond acceptors (Lipinski definition) is 3. The summed E-state index contributed by atoms with van der Waals surface area (Å²) in [5.41, 5.74) is 7.48. The van der Waals surface area contributed by atoms with Gasteiger partial charge in [0, 0.05) is 0 Å². The number of hydrogen-bond donors (Lipinski definition) is 2. The predicted octanol–water partition coefficient (Wildman–Crippen LogP) is -0.160. The first-order valence-electron chi connectivity index (χ1n) is 4.70. The standard InChI is InChI=1S/C8H14N3O2/c9-7-6(12)8(10-11(7)13)4-2-1-3-5-8/h7H,1-5,9H2,(H,10,13)/q+1. The SMILES string of the molecule is NC1C(=O)C2(CCCCC2)N[N+]1=O. The lowest BCUT2D eigenvalue weighted by atomic mass is 9.79. The normalized spacial score (nSPS) is 32.2. The highest BCUT2D eigenvalue weighted by Gasteiger charge is 2.57. The molecule has 0 aromatic rings. The summed E-state index contributed by atoms with van der Waals surface area (Å²) in [5, 5.41) is 0. The van der Waals surface area contributed by atoms with Crippen molar-refractivity contribution in [1.82, 2.24) is 5.43 Å². The summed E-state index contributed by atoms with van der Waals surface area (Å²) in [6.45, 7) is 0. The molecular weight excluding hydrogens is 170 g/mol. The molecule has 1 aliphatic carbocycles. The van der Waals surface area contributed by atoms with Crippen LogP contribution < -0.4 is 11.2 Å². The van der Waals surface area contributed by atoms with Gasteiger partial charge in [-0.2, -0.15) is 0 Å². The summed E-state index contributed by atoms with van der Waals surface area (Å²) >= 11 is 0. The number of Topliss-reactive ketones (excluding diaryl/α,β-unsaturated/α-hetero) is 1. The molecule has 2 rings (SSSR count). The van der Waals surface area contributed by atoms with E-state index in [0.717, 1.165) is 32.1 Å². The average molecular weight is 184 g/mol. The third kappa shape index (κ3) is 1.14. The van der Waals surface area contributed by atoms with Crippen LogP contribution in [0.15, 0.2) is 0 Å². The maximum atomic E-state index is 11.7. The molecule has 3 N–H and O–H groups in total. The Hall–Kier alpha value is -0.970. The highest BCUT2D eigenvalue weighted by molar-refractivity contribution is 5.92. The van der Waals surface area contributed by atoms with E-state index in [2.05, 4.69) is 5.43 Å². The van der Waals surface area contributed by atoms with Gasteiger partial charge in [-0.3, -0.25) is 10.5 Å². The average Bonchev–Trinajstić information content (AvgIpc) is 2.33. The molecule has 1 unspecified atom stereocenters. The van der Waals surface area contributed by atoms with Crippen LogP contribution in [0.4, 0.5) is 0 Å². The topological polar surface area (TPSA) is 75.2 Å². The first-order valence-corrected chi connectivity index (χ1v) is 4.70. The summed E-state index contributed by atoms with van der Waals surface area (Å²) < 4.78 is 0. The summed E-state index contributed by atoms with van der Waals surface area (Å²) in [5.74, 6) is -0.137. The van der Waals surface area contributed by atoms with Crippen LogP contribution in [0, 0.1) is 4.91 Å². The van der Waals surface area contributed by atoms with Gasteiger partial charge in [-0.25, -0.2) is 0 Å². The molecule has 1 spiro atoms. The van der Waals surface area contributed by atoms with E-state index >= 15 is 0 Å². The van der Waals surface area contributed by atoms with Crippen molar-refractivity contribution in [3.63, 3.8) is 0 Å². The van der Waals surface area contributed by atoms with Crippen molar-refractivity contribution in [2.45, 2.75) is 43.8 Å². The van der Waals surface area contributed by atoms with Crippen molar-refractivity contribution < 1.29 is 9.66 Å². The van der Waals surface area contributed by atoms with Crippen molar-refractivity contribution in [3.05, 3.63) is 4.91 Å². The van der Waals surface area contributed by atoms with E-state index in [-0.39, 0.29) is 5.78 Å². The van der Waals surface area contributed by atoms with Gasteiger partial charge in [-0.05, 0) is 12.8 Å². The second-order valence-electron chi connectivity index (χ2n) is 3.89. The lowest BCUT2D eigenvalue weighted by Gasteiger charge is -2.26. The van der Waals surface area contributed by atoms with Crippen molar-refractivity contribution >= 4 is 5.78 Å². The number of nitrogens with two attached hydrogens (primary N) is 1. The van der Waals surface area contributed by atoms with Gasteiger partial charge < -0.3 is 0 Å². The molecule has 2 fully saturated rings. The second kappa shape index (κ2) is 2.77. The fourth-order valence-electron chi connectivity index (χ4n) is 2.24. The molecule has 0 amide bonds. The highest BCUT2D eigenvalue weighted by Crippen LogP contribution is 2.32. The fraction of sp³-hybridized carbons (Fsp3) is 0.875. The van der Waals surface area contributed by atoms with Gasteiger partial charge in [-0.1, -0.05) is 19.3 Å². The van der Waals surface area contributed by atoms with E-state index in [1.165, 1.54) is 0 Å². The number of rotatable bonds is 0. The number of nitrogens with zero attached hydrogens (tertiary/aromatic N) is 1. The number of nitroso groups, excluding NO2 is 1. The minimum atomic E-state index is -1.00. The van der Waals surface area contributed by atoms with Crippen LogP contribution in [0.3, 0.4) is 0 Å². The van der Waals surface area contributed by atoms with E-state index < -0.39 is 11.7 Å². The third-order valence-electron chi connectivity index (χ3n) is 3.02. The highest BCUT2D eigenvalue weighted by atomic mass is 16.3. The van der Waals surface area contributed by atoms with E-state index in [9.17, 15) is 9.70 Å². The third-order valence-corrected chi connectivity index (χ3v) is 3.02. The molecule has 5 nitrogen and oxygen atoms in total. The zero-order chi connectivity index (χ0) is 9.47. The monoisotopic (exact) mass is 184 g/mol. The van der Waals surface area contributed by atoms with Crippen LogP contribution in [0.1, 0.15) is 32.1 Å². The van der Waals surface area contributed by atoms with Crippen LogP contribution in [0.2, 0.25) is 0 Å². The van der Waals surface area contributed by atoms with E-state index in [0.29, 0.717) is 4.87 Å². The minimum Gasteiger partial charge on any atom is -0.287 e. The molecule has 1 heterocycles. The number of ketones is 1. The molecule has 0 aromatic heterocycles. The van der Waals surface area contributed by atoms with Crippen LogP contribution in [-0.2, 0) is 4.79 Å². The number of nitrogens with one attached hydrogen (secondary N) is 1. The van der Waals surface area contributed by atoms with Crippen LogP contribution in [0.25, 0.3) is 0 Å². The summed E-state index contributed by atoms with van der Waals surface area (Å²) in [6.07, 6.45) is 3.64. The maximum absolute atomic E-state index is 11.7. The zero-order valence-corrected chi connectivity index (χ0v) is 7.45. The molecule has 0 radical (unpaired) electrons. The Morgan fingerprint density at radius 3 is 2.46 bits per heavy atom. The van der Waals surface area contributed by atoms with Crippen molar-refractivity contribution in [2.24, 2.45) is 5.73 Å². The van der Waals surface area contributed by atoms with Gasteiger partial charge >= 0.3 is 6.17 Å². The molecule has 0 bridgehead atoms. The molecule has 1 atom stereocenters. The Labute approximate surface area is 76.2 Å². The molecule has 13 heavy (non-hydrogen) atoms. The van der Waals surface area contributed by atoms with Gasteiger partial charge in [0.1, 0.15) is 4.87 Å². The summed E-state index contributed by atoms with van der Waals surface area (Å²) in [7, 11) is 0. The molecule has 72 valence electrons. The summed E-state index contributed by atoms with van der Waals surface area (Å²) in [6, 6.07) is 0. The van der Waals surface area contributed by atoms with Crippen molar-refractivity contribution in [2.75, 3.05) is 0 Å². The first-order chi connectivity index (χ1) is 6.16. The first kappa shape index (κ1) is 8.62. The Balaban J connectivity index is 2.23. The Morgan fingerprint density at radius 2 is 2.00 bits per heavy atom. The zero-order valence-electron chi connectivity index (χ0n) is 7.45.